The van der Waals surface area contributed by atoms with Gasteiger partial charge in [0.2, 0.25) is 11.8 Å². The molecule has 1 atom stereocenters. The van der Waals surface area contributed by atoms with E-state index >= 15 is 0 Å². The maximum absolute atomic E-state index is 11.6. The first kappa shape index (κ1) is 16.3. The van der Waals surface area contributed by atoms with E-state index < -0.39 is 0 Å². The summed E-state index contributed by atoms with van der Waals surface area (Å²) < 4.78 is 11.0. The Bertz CT molecular complexity index is 706. The number of carbonyl (C=O) groups is 2. The van der Waals surface area contributed by atoms with E-state index in [0.717, 1.165) is 23.1 Å². The highest BCUT2D eigenvalue weighted by Gasteiger charge is 2.31. The summed E-state index contributed by atoms with van der Waals surface area (Å²) in [4.78, 5) is 26.8. The number of carbonyl (C=O) groups excluding carboxylic acids is 2. The van der Waals surface area contributed by atoms with E-state index in [1.54, 1.807) is 12.3 Å². The second-order valence-corrected chi connectivity index (χ2v) is 6.27. The van der Waals surface area contributed by atoms with E-state index in [4.69, 9.17) is 9.47 Å². The summed E-state index contributed by atoms with van der Waals surface area (Å²) in [5.41, 5.74) is 0.981. The Kier molecular flexibility index (Phi) is 5.32. The van der Waals surface area contributed by atoms with Gasteiger partial charge in [-0.05, 0) is 30.2 Å². The second-order valence-electron chi connectivity index (χ2n) is 5.10. The molecule has 0 bridgehead atoms. The van der Waals surface area contributed by atoms with E-state index in [2.05, 4.69) is 10.3 Å². The lowest BCUT2D eigenvalue weighted by atomic mass is 10.1. The smallest absolute Gasteiger partial charge is 0.286 e. The molecule has 1 unspecified atom stereocenters. The number of imide groups is 1. The van der Waals surface area contributed by atoms with Crippen molar-refractivity contribution in [2.24, 2.45) is 0 Å². The van der Waals surface area contributed by atoms with Crippen LogP contribution in [0.15, 0.2) is 48.7 Å². The minimum atomic E-state index is -0.351. The average molecular weight is 344 g/mol. The molecule has 0 saturated carbocycles. The molecule has 1 N–H and O–H groups in total. The van der Waals surface area contributed by atoms with Crippen molar-refractivity contribution in [1.29, 1.82) is 0 Å². The molecule has 2 aromatic rings. The van der Waals surface area contributed by atoms with Crippen LogP contribution < -0.4 is 14.8 Å². The number of aromatic nitrogens is 1. The van der Waals surface area contributed by atoms with Crippen LogP contribution in [0.4, 0.5) is 4.79 Å². The Morgan fingerprint density at radius 2 is 1.83 bits per heavy atom. The summed E-state index contributed by atoms with van der Waals surface area (Å²) in [6, 6.07) is 13.0. The zero-order valence-electron chi connectivity index (χ0n) is 12.8. The molecule has 0 radical (unpaired) electrons. The second kappa shape index (κ2) is 7.83. The standard InChI is InChI=1S/C17H16N2O4S/c20-16-14(24-17(21)19-16)11-12-4-6-13(7-5-12)22-9-10-23-15-3-1-2-8-18-15/h1-8,14H,9-11H2,(H,19,20,21). The normalized spacial score (nSPS) is 16.8. The first-order chi connectivity index (χ1) is 11.7. The molecule has 124 valence electrons. The van der Waals surface area contributed by atoms with Crippen molar-refractivity contribution < 1.29 is 19.1 Å². The van der Waals surface area contributed by atoms with Gasteiger partial charge in [-0.2, -0.15) is 0 Å². The summed E-state index contributed by atoms with van der Waals surface area (Å²) in [6.07, 6.45) is 2.19. The molecule has 1 saturated heterocycles. The number of hydrogen-bond acceptors (Lipinski definition) is 6. The van der Waals surface area contributed by atoms with Gasteiger partial charge in [-0.25, -0.2) is 4.98 Å². The minimum Gasteiger partial charge on any atom is -0.490 e. The molecule has 1 fully saturated rings. The van der Waals surface area contributed by atoms with Gasteiger partial charge in [0.05, 0.1) is 5.25 Å². The monoisotopic (exact) mass is 344 g/mol. The third-order valence-corrected chi connectivity index (χ3v) is 4.33. The average Bonchev–Trinajstić information content (AvgIpc) is 2.91. The van der Waals surface area contributed by atoms with Gasteiger partial charge in [0.15, 0.2) is 0 Å². The highest BCUT2D eigenvalue weighted by atomic mass is 32.2. The van der Waals surface area contributed by atoms with Crippen LogP contribution in [0.25, 0.3) is 0 Å². The summed E-state index contributed by atoms with van der Waals surface area (Å²) in [6.45, 7) is 0.811. The maximum Gasteiger partial charge on any atom is 0.286 e. The summed E-state index contributed by atoms with van der Waals surface area (Å²) in [5, 5.41) is 1.66. The molecule has 7 heteroatoms. The van der Waals surface area contributed by atoms with Crippen molar-refractivity contribution in [3.05, 3.63) is 54.2 Å². The van der Waals surface area contributed by atoms with Gasteiger partial charge in [0.1, 0.15) is 19.0 Å². The molecular formula is C17H16N2O4S. The number of nitrogens with zero attached hydrogens (tertiary/aromatic N) is 1. The van der Waals surface area contributed by atoms with Gasteiger partial charge in [-0.15, -0.1) is 0 Å². The van der Waals surface area contributed by atoms with E-state index in [0.29, 0.717) is 25.5 Å². The Morgan fingerprint density at radius 1 is 1.04 bits per heavy atom. The van der Waals surface area contributed by atoms with E-state index in [1.165, 1.54) is 0 Å². The first-order valence-corrected chi connectivity index (χ1v) is 8.36. The third-order valence-electron chi connectivity index (χ3n) is 3.35. The lowest BCUT2D eigenvalue weighted by molar-refractivity contribution is -0.118. The third kappa shape index (κ3) is 4.48. The number of rotatable bonds is 7. The Morgan fingerprint density at radius 3 is 2.50 bits per heavy atom. The molecule has 3 rings (SSSR count). The fourth-order valence-corrected chi connectivity index (χ4v) is 3.06. The summed E-state index contributed by atoms with van der Waals surface area (Å²) in [5.74, 6) is 1.07. The fraction of sp³-hybridized carbons (Fsp3) is 0.235. The molecule has 0 aliphatic carbocycles. The molecule has 6 nitrogen and oxygen atoms in total. The van der Waals surface area contributed by atoms with E-state index in [9.17, 15) is 9.59 Å². The van der Waals surface area contributed by atoms with Gasteiger partial charge in [-0.1, -0.05) is 30.0 Å². The van der Waals surface area contributed by atoms with E-state index in [-0.39, 0.29) is 16.4 Å². The predicted octanol–water partition coefficient (Wildman–Crippen LogP) is 2.43. The highest BCUT2D eigenvalue weighted by molar-refractivity contribution is 8.15. The Labute approximate surface area is 143 Å². The number of pyridine rings is 1. The highest BCUT2D eigenvalue weighted by Crippen LogP contribution is 2.23. The Hall–Kier alpha value is -2.54. The van der Waals surface area contributed by atoms with Gasteiger partial charge in [0, 0.05) is 12.3 Å². The van der Waals surface area contributed by atoms with Gasteiger partial charge >= 0.3 is 0 Å². The van der Waals surface area contributed by atoms with Crippen LogP contribution in [0, 0.1) is 0 Å². The molecule has 1 aliphatic heterocycles. The Balaban J connectivity index is 1.43. The van der Waals surface area contributed by atoms with Crippen LogP contribution in [0.2, 0.25) is 0 Å². The summed E-state index contributed by atoms with van der Waals surface area (Å²) in [7, 11) is 0. The van der Waals surface area contributed by atoms with Crippen molar-refractivity contribution in [2.45, 2.75) is 11.7 Å². The van der Waals surface area contributed by atoms with Crippen molar-refractivity contribution in [3.63, 3.8) is 0 Å². The van der Waals surface area contributed by atoms with Crippen molar-refractivity contribution >= 4 is 22.9 Å². The van der Waals surface area contributed by atoms with Gasteiger partial charge < -0.3 is 9.47 Å². The molecule has 0 spiro atoms. The van der Waals surface area contributed by atoms with Crippen LogP contribution in [0.3, 0.4) is 0 Å². The topological polar surface area (TPSA) is 77.5 Å². The number of nitrogens with one attached hydrogen (secondary N) is 1. The molecule has 1 aliphatic rings. The van der Waals surface area contributed by atoms with E-state index in [1.807, 2.05) is 36.4 Å². The van der Waals surface area contributed by atoms with Crippen LogP contribution in [0.1, 0.15) is 5.56 Å². The quantitative estimate of drug-likeness (QED) is 0.778. The maximum atomic E-state index is 11.6. The van der Waals surface area contributed by atoms with Gasteiger partial charge in [0.25, 0.3) is 5.24 Å². The number of ether oxygens (including phenoxy) is 2. The van der Waals surface area contributed by atoms with Crippen LogP contribution >= 0.6 is 11.8 Å². The number of hydrogen-bond donors (Lipinski definition) is 1. The lowest BCUT2D eigenvalue weighted by Gasteiger charge is -2.09. The van der Waals surface area contributed by atoms with Crippen LogP contribution in [-0.2, 0) is 11.2 Å². The molecular weight excluding hydrogens is 328 g/mol. The molecule has 1 aromatic carbocycles. The van der Waals surface area contributed by atoms with Crippen molar-refractivity contribution in [2.75, 3.05) is 13.2 Å². The zero-order valence-corrected chi connectivity index (χ0v) is 13.6. The minimum absolute atomic E-state index is 0.225. The number of benzene rings is 1. The fourth-order valence-electron chi connectivity index (χ4n) is 2.20. The van der Waals surface area contributed by atoms with Crippen molar-refractivity contribution in [3.8, 4) is 11.6 Å². The summed E-state index contributed by atoms with van der Waals surface area (Å²) >= 11 is 1.03. The lowest BCUT2D eigenvalue weighted by Crippen LogP contribution is -2.25. The first-order valence-electron chi connectivity index (χ1n) is 7.48. The molecule has 2 heterocycles. The molecule has 1 aromatic heterocycles. The molecule has 2 amide bonds. The van der Waals surface area contributed by atoms with Gasteiger partial charge in [-0.3, -0.25) is 14.9 Å². The van der Waals surface area contributed by atoms with Crippen LogP contribution in [-0.4, -0.2) is 34.6 Å². The number of thioether (sulfide) groups is 1. The van der Waals surface area contributed by atoms with Crippen LogP contribution in [0.5, 0.6) is 11.6 Å². The largest absolute Gasteiger partial charge is 0.490 e. The predicted molar refractivity (Wildman–Crippen MR) is 90.3 cm³/mol. The molecule has 24 heavy (non-hydrogen) atoms. The SMILES string of the molecule is O=C1NC(=O)C(Cc2ccc(OCCOc3ccccn3)cc2)S1. The van der Waals surface area contributed by atoms with Crippen molar-refractivity contribution in [1.82, 2.24) is 10.3 Å². The number of amides is 2. The zero-order chi connectivity index (χ0) is 16.8.